The first-order chi connectivity index (χ1) is 19.9. The number of aryl methyl sites for hydroxylation is 1. The van der Waals surface area contributed by atoms with Crippen molar-refractivity contribution in [3.05, 3.63) is 59.7 Å². The van der Waals surface area contributed by atoms with E-state index >= 15 is 0 Å². The van der Waals surface area contributed by atoms with Crippen LogP contribution in [0.2, 0.25) is 0 Å². The van der Waals surface area contributed by atoms with Gasteiger partial charge < -0.3 is 25.3 Å². The first-order valence-corrected chi connectivity index (χ1v) is 14.9. The van der Waals surface area contributed by atoms with Gasteiger partial charge in [-0.1, -0.05) is 45.4 Å². The molecule has 0 spiro atoms. The van der Waals surface area contributed by atoms with Crippen LogP contribution in [-0.4, -0.2) is 65.0 Å². The Labute approximate surface area is 248 Å². The lowest BCUT2D eigenvalue weighted by molar-refractivity contribution is -0.199. The number of rotatable bonds is 10. The number of hydrogen-bond acceptors (Lipinski definition) is 7. The molecule has 2 aromatic rings. The van der Waals surface area contributed by atoms with Gasteiger partial charge >= 0.3 is 7.12 Å². The molecule has 1 aromatic heterocycles. The highest BCUT2D eigenvalue weighted by Gasteiger charge is 2.68. The Bertz CT molecular complexity index is 1310. The van der Waals surface area contributed by atoms with Gasteiger partial charge in [-0.15, -0.1) is 0 Å². The van der Waals surface area contributed by atoms with Crippen molar-refractivity contribution in [2.75, 3.05) is 6.54 Å². The second-order valence-electron chi connectivity index (χ2n) is 13.3. The molecule has 2 bridgehead atoms. The molecule has 6 rings (SSSR count). The van der Waals surface area contributed by atoms with E-state index in [1.165, 1.54) is 18.6 Å². The maximum absolute atomic E-state index is 13.8. The lowest BCUT2D eigenvalue weighted by Gasteiger charge is -2.64. The second-order valence-corrected chi connectivity index (χ2v) is 13.3. The van der Waals surface area contributed by atoms with E-state index in [1.54, 1.807) is 12.1 Å². The smallest absolute Gasteiger partial charge is 0.404 e. The predicted octanol–water partition coefficient (Wildman–Crippen LogP) is 3.11. The summed E-state index contributed by atoms with van der Waals surface area (Å²) in [5.74, 6) is -0.549. The lowest BCUT2D eigenvalue weighted by Crippen LogP contribution is -2.65. The first kappa shape index (κ1) is 30.2. The van der Waals surface area contributed by atoms with Crippen molar-refractivity contribution in [2.24, 2.45) is 23.2 Å². The van der Waals surface area contributed by atoms with Crippen molar-refractivity contribution in [1.29, 1.82) is 0 Å². The van der Waals surface area contributed by atoms with Crippen LogP contribution in [0.5, 0.6) is 0 Å². The molecular formula is C31H42BN5O5. The Morgan fingerprint density at radius 3 is 2.43 bits per heavy atom. The molecule has 11 heteroatoms. The number of nitrogens with zero attached hydrogens (tertiary/aromatic N) is 2. The summed E-state index contributed by atoms with van der Waals surface area (Å²) in [4.78, 5) is 47.6. The van der Waals surface area contributed by atoms with E-state index in [-0.39, 0.29) is 35.6 Å². The fourth-order valence-corrected chi connectivity index (χ4v) is 6.96. The van der Waals surface area contributed by atoms with Gasteiger partial charge in [-0.25, -0.2) is 4.98 Å². The van der Waals surface area contributed by atoms with E-state index < -0.39 is 36.5 Å². The van der Waals surface area contributed by atoms with Crippen LogP contribution >= 0.6 is 0 Å². The summed E-state index contributed by atoms with van der Waals surface area (Å²) in [6.45, 7) is 12.8. The van der Waals surface area contributed by atoms with Crippen LogP contribution in [0.1, 0.15) is 80.3 Å². The van der Waals surface area contributed by atoms with E-state index in [4.69, 9.17) is 9.31 Å². The van der Waals surface area contributed by atoms with Crippen molar-refractivity contribution >= 4 is 24.8 Å². The molecule has 1 aliphatic heterocycles. The second kappa shape index (κ2) is 11.8. The Morgan fingerprint density at radius 2 is 1.79 bits per heavy atom. The van der Waals surface area contributed by atoms with Gasteiger partial charge in [-0.2, -0.15) is 0 Å². The molecule has 3 saturated carbocycles. The Kier molecular flexibility index (Phi) is 8.45. The third kappa shape index (κ3) is 5.94. The van der Waals surface area contributed by atoms with Crippen molar-refractivity contribution in [2.45, 2.75) is 84.5 Å². The van der Waals surface area contributed by atoms with Crippen molar-refractivity contribution in [1.82, 2.24) is 25.9 Å². The van der Waals surface area contributed by atoms with Crippen LogP contribution in [0.4, 0.5) is 0 Å². The van der Waals surface area contributed by atoms with Gasteiger partial charge in [0.15, 0.2) is 0 Å². The normalized spacial score (nSPS) is 26.9. The number of carbonyl (C=O) groups excluding carboxylic acids is 3. The summed E-state index contributed by atoms with van der Waals surface area (Å²) >= 11 is 0. The van der Waals surface area contributed by atoms with E-state index in [0.29, 0.717) is 23.8 Å². The molecule has 224 valence electrons. The largest absolute Gasteiger partial charge is 0.481 e. The minimum absolute atomic E-state index is 0.0215. The molecule has 10 nitrogen and oxygen atoms in total. The van der Waals surface area contributed by atoms with Crippen LogP contribution < -0.4 is 16.0 Å². The molecule has 1 saturated heterocycles. The maximum Gasteiger partial charge on any atom is 0.481 e. The summed E-state index contributed by atoms with van der Waals surface area (Å²) in [5.41, 5.74) is 1.35. The van der Waals surface area contributed by atoms with Crippen LogP contribution in [0.15, 0.2) is 42.9 Å². The number of amides is 3. The van der Waals surface area contributed by atoms with E-state index in [9.17, 15) is 14.4 Å². The zero-order valence-electron chi connectivity index (χ0n) is 25.3. The molecule has 2 heterocycles. The van der Waals surface area contributed by atoms with Crippen LogP contribution in [0.25, 0.3) is 0 Å². The minimum Gasteiger partial charge on any atom is -0.404 e. The summed E-state index contributed by atoms with van der Waals surface area (Å²) in [6.07, 6.45) is 6.87. The molecule has 4 aliphatic rings. The third-order valence-corrected chi connectivity index (χ3v) is 9.55. The fourth-order valence-electron chi connectivity index (χ4n) is 6.96. The van der Waals surface area contributed by atoms with Gasteiger partial charge in [-0.3, -0.25) is 19.4 Å². The Balaban J connectivity index is 1.31. The zero-order chi connectivity index (χ0) is 30.2. The Morgan fingerprint density at radius 1 is 1.05 bits per heavy atom. The van der Waals surface area contributed by atoms with Crippen molar-refractivity contribution in [3.63, 3.8) is 0 Å². The van der Waals surface area contributed by atoms with E-state index in [1.807, 2.05) is 19.1 Å². The van der Waals surface area contributed by atoms with Crippen LogP contribution in [-0.2, 0) is 14.1 Å². The van der Waals surface area contributed by atoms with Gasteiger partial charge in [0.05, 0.1) is 23.8 Å². The molecule has 3 aliphatic carbocycles. The van der Waals surface area contributed by atoms with Gasteiger partial charge in [0.2, 0.25) is 5.91 Å². The average Bonchev–Trinajstić information content (AvgIpc) is 3.32. The third-order valence-electron chi connectivity index (χ3n) is 9.55. The molecule has 3 amide bonds. The topological polar surface area (TPSA) is 132 Å². The van der Waals surface area contributed by atoms with Crippen molar-refractivity contribution in [3.8, 4) is 0 Å². The summed E-state index contributed by atoms with van der Waals surface area (Å²) in [5, 5.41) is 8.63. The van der Waals surface area contributed by atoms with Gasteiger partial charge in [-0.05, 0) is 68.4 Å². The molecule has 4 fully saturated rings. The average molecular weight is 576 g/mol. The minimum atomic E-state index is -1.07. The zero-order valence-corrected chi connectivity index (χ0v) is 25.3. The van der Waals surface area contributed by atoms with E-state index in [0.717, 1.165) is 18.4 Å². The van der Waals surface area contributed by atoms with Gasteiger partial charge in [0.25, 0.3) is 11.8 Å². The predicted molar refractivity (Wildman–Crippen MR) is 158 cm³/mol. The van der Waals surface area contributed by atoms with Crippen LogP contribution in [0, 0.1) is 30.1 Å². The fraction of sp³-hybridized carbons (Fsp3) is 0.581. The highest BCUT2D eigenvalue weighted by molar-refractivity contribution is 6.48. The molecule has 3 N–H and O–H groups in total. The first-order valence-electron chi connectivity index (χ1n) is 14.9. The summed E-state index contributed by atoms with van der Waals surface area (Å²) in [6, 6.07) is 6.05. The number of aromatic nitrogens is 2. The highest BCUT2D eigenvalue weighted by Crippen LogP contribution is 2.65. The number of benzene rings is 1. The number of carbonyl (C=O) groups is 3. The SMILES string of the molecule is Cc1ccc(C(=O)NC[C@H](NC(=O)c2cnccn2)C(=O)NC(CC(C)C)B2OC3C[C@@H]4CC(C4(C)C)[C@]3(C)O2)cc1. The van der Waals surface area contributed by atoms with Gasteiger partial charge in [0.1, 0.15) is 11.7 Å². The summed E-state index contributed by atoms with van der Waals surface area (Å²) < 4.78 is 13.2. The van der Waals surface area contributed by atoms with E-state index in [2.05, 4.69) is 60.5 Å². The summed E-state index contributed by atoms with van der Waals surface area (Å²) in [7, 11) is -0.611. The number of hydrogen-bond donors (Lipinski definition) is 3. The standard InChI is InChI=1S/C31H42BN5O5/c1-18(2)13-26(32-41-25-15-21-14-24(30(21,4)5)31(25,6)42-32)37-29(40)23(36-28(39)22-16-33-11-12-34-22)17-35-27(38)20-9-7-19(3)8-10-20/h7-12,16,18,21,23-26H,13-15,17H2,1-6H3,(H,35,38)(H,36,39)(H,37,40)/t21-,23-,24?,25?,26?,31-/m0/s1. The molecule has 1 aromatic carbocycles. The molecule has 42 heavy (non-hydrogen) atoms. The maximum atomic E-state index is 13.8. The van der Waals surface area contributed by atoms with Crippen LogP contribution in [0.3, 0.4) is 0 Å². The molecular weight excluding hydrogens is 533 g/mol. The number of nitrogens with one attached hydrogen (secondary N) is 3. The quantitative estimate of drug-likeness (QED) is 0.371. The van der Waals surface area contributed by atoms with Crippen molar-refractivity contribution < 1.29 is 23.7 Å². The highest BCUT2D eigenvalue weighted by atomic mass is 16.7. The lowest BCUT2D eigenvalue weighted by atomic mass is 9.43. The molecule has 0 radical (unpaired) electrons. The van der Waals surface area contributed by atoms with Gasteiger partial charge in [0, 0.05) is 24.5 Å². The molecule has 3 unspecified atom stereocenters. The monoisotopic (exact) mass is 575 g/mol. The molecule has 6 atom stereocenters. The Hall–Kier alpha value is -3.31.